The summed E-state index contributed by atoms with van der Waals surface area (Å²) in [5, 5.41) is 9.46. The summed E-state index contributed by atoms with van der Waals surface area (Å²) in [6, 6.07) is 0. The van der Waals surface area contributed by atoms with Gasteiger partial charge in [0.2, 0.25) is 0 Å². The zero-order valence-electron chi connectivity index (χ0n) is 12.8. The van der Waals surface area contributed by atoms with Crippen molar-refractivity contribution >= 4 is 15.8 Å². The second kappa shape index (κ2) is 6.73. The van der Waals surface area contributed by atoms with Crippen LogP contribution in [0.5, 0.6) is 0 Å². The number of unbranched alkanes of at least 4 members (excludes halogenated alkanes) is 1. The SMILES string of the molecule is CCCCC(CC)(CCS(=O)(=O)C(C)(C)C)C(=O)O. The minimum atomic E-state index is -3.26. The van der Waals surface area contributed by atoms with Gasteiger partial charge >= 0.3 is 5.97 Å². The highest BCUT2D eigenvalue weighted by atomic mass is 32.2. The molecule has 0 bridgehead atoms. The van der Waals surface area contributed by atoms with Crippen molar-refractivity contribution in [3.63, 3.8) is 0 Å². The molecule has 0 heterocycles. The molecular formula is C14H28O4S. The molecule has 0 aliphatic rings. The maximum Gasteiger partial charge on any atom is 0.309 e. The molecule has 0 saturated heterocycles. The molecular weight excluding hydrogens is 264 g/mol. The smallest absolute Gasteiger partial charge is 0.309 e. The van der Waals surface area contributed by atoms with E-state index in [0.717, 1.165) is 12.8 Å². The molecule has 0 aromatic carbocycles. The molecule has 19 heavy (non-hydrogen) atoms. The molecule has 4 nitrogen and oxygen atoms in total. The van der Waals surface area contributed by atoms with E-state index in [1.165, 1.54) is 0 Å². The van der Waals surface area contributed by atoms with Crippen LogP contribution in [0.25, 0.3) is 0 Å². The lowest BCUT2D eigenvalue weighted by Crippen LogP contribution is -2.37. The molecule has 0 saturated carbocycles. The van der Waals surface area contributed by atoms with Crippen LogP contribution in [-0.2, 0) is 14.6 Å². The van der Waals surface area contributed by atoms with E-state index in [4.69, 9.17) is 0 Å². The van der Waals surface area contributed by atoms with Crippen molar-refractivity contribution in [2.75, 3.05) is 5.75 Å². The third-order valence-corrected chi connectivity index (χ3v) is 6.53. The van der Waals surface area contributed by atoms with Crippen molar-refractivity contribution in [1.82, 2.24) is 0 Å². The predicted octanol–water partition coefficient (Wildman–Crippen LogP) is 3.26. The Morgan fingerprint density at radius 1 is 1.11 bits per heavy atom. The van der Waals surface area contributed by atoms with Crippen LogP contribution in [0.15, 0.2) is 0 Å². The quantitative estimate of drug-likeness (QED) is 0.745. The summed E-state index contributed by atoms with van der Waals surface area (Å²) in [6.45, 7) is 8.80. The summed E-state index contributed by atoms with van der Waals surface area (Å²) >= 11 is 0. The third-order valence-electron chi connectivity index (χ3n) is 3.92. The summed E-state index contributed by atoms with van der Waals surface area (Å²) in [6.07, 6.45) is 2.96. The zero-order valence-corrected chi connectivity index (χ0v) is 13.6. The molecule has 1 atom stereocenters. The van der Waals surface area contributed by atoms with Crippen molar-refractivity contribution in [3.05, 3.63) is 0 Å². The highest BCUT2D eigenvalue weighted by Crippen LogP contribution is 2.35. The van der Waals surface area contributed by atoms with E-state index in [2.05, 4.69) is 0 Å². The van der Waals surface area contributed by atoms with Gasteiger partial charge in [-0.2, -0.15) is 0 Å². The van der Waals surface area contributed by atoms with Crippen LogP contribution in [0, 0.1) is 5.41 Å². The number of carbonyl (C=O) groups is 1. The summed E-state index contributed by atoms with van der Waals surface area (Å²) in [7, 11) is -3.26. The number of hydrogen-bond donors (Lipinski definition) is 1. The maximum atomic E-state index is 12.1. The van der Waals surface area contributed by atoms with Crippen LogP contribution in [0.4, 0.5) is 0 Å². The Hall–Kier alpha value is -0.580. The highest BCUT2D eigenvalue weighted by Gasteiger charge is 2.39. The van der Waals surface area contributed by atoms with Crippen molar-refractivity contribution in [3.8, 4) is 0 Å². The van der Waals surface area contributed by atoms with Gasteiger partial charge in [-0.15, -0.1) is 0 Å². The fraction of sp³-hybridized carbons (Fsp3) is 0.929. The standard InChI is InChI=1S/C14H28O4S/c1-6-8-9-14(7-2,12(15)16)10-11-19(17,18)13(3,4)5/h6-11H2,1-5H3,(H,15,16). The normalized spacial score (nSPS) is 16.1. The number of carboxylic acid groups (broad SMARTS) is 1. The molecule has 0 aliphatic heterocycles. The van der Waals surface area contributed by atoms with Gasteiger partial charge in [-0.1, -0.05) is 26.7 Å². The van der Waals surface area contributed by atoms with Gasteiger partial charge in [-0.05, 0) is 40.0 Å². The first-order valence-corrected chi connectivity index (χ1v) is 8.63. The van der Waals surface area contributed by atoms with Gasteiger partial charge in [-0.25, -0.2) is 8.42 Å². The maximum absolute atomic E-state index is 12.1. The Kier molecular flexibility index (Phi) is 6.52. The molecule has 0 fully saturated rings. The predicted molar refractivity (Wildman–Crippen MR) is 78.0 cm³/mol. The summed E-state index contributed by atoms with van der Waals surface area (Å²) < 4.78 is 23.4. The number of aliphatic carboxylic acids is 1. The fourth-order valence-corrected chi connectivity index (χ4v) is 3.27. The molecule has 0 aliphatic carbocycles. The average Bonchev–Trinajstić information content (AvgIpc) is 2.28. The first-order chi connectivity index (χ1) is 8.52. The van der Waals surface area contributed by atoms with Crippen LogP contribution in [0.2, 0.25) is 0 Å². The fourth-order valence-electron chi connectivity index (χ4n) is 1.99. The van der Waals surface area contributed by atoms with Gasteiger partial charge < -0.3 is 5.11 Å². The summed E-state index contributed by atoms with van der Waals surface area (Å²) in [4.78, 5) is 11.5. The van der Waals surface area contributed by atoms with Gasteiger partial charge in [0, 0.05) is 0 Å². The third kappa shape index (κ3) is 4.79. The van der Waals surface area contributed by atoms with Crippen LogP contribution >= 0.6 is 0 Å². The molecule has 0 spiro atoms. The van der Waals surface area contributed by atoms with E-state index >= 15 is 0 Å². The molecule has 0 amide bonds. The molecule has 0 aromatic rings. The largest absolute Gasteiger partial charge is 0.481 e. The molecule has 1 N–H and O–H groups in total. The number of hydrogen-bond acceptors (Lipinski definition) is 3. The van der Waals surface area contributed by atoms with Crippen molar-refractivity contribution in [2.24, 2.45) is 5.41 Å². The Labute approximate surface area is 117 Å². The summed E-state index contributed by atoms with van der Waals surface area (Å²) in [5.41, 5.74) is -0.895. The van der Waals surface area contributed by atoms with Gasteiger partial charge in [0.25, 0.3) is 0 Å². The Morgan fingerprint density at radius 3 is 1.95 bits per heavy atom. The molecule has 0 aromatic heterocycles. The zero-order chi connectivity index (χ0) is 15.3. The molecule has 5 heteroatoms. The molecule has 0 radical (unpaired) electrons. The number of sulfone groups is 1. The van der Waals surface area contributed by atoms with Crippen molar-refractivity contribution < 1.29 is 18.3 Å². The van der Waals surface area contributed by atoms with Crippen LogP contribution < -0.4 is 0 Å². The Balaban J connectivity index is 5.01. The Bertz CT molecular complexity index is 392. The van der Waals surface area contributed by atoms with E-state index in [-0.39, 0.29) is 12.2 Å². The lowest BCUT2D eigenvalue weighted by Gasteiger charge is -2.29. The highest BCUT2D eigenvalue weighted by molar-refractivity contribution is 7.92. The monoisotopic (exact) mass is 292 g/mol. The van der Waals surface area contributed by atoms with E-state index < -0.39 is 26.0 Å². The lowest BCUT2D eigenvalue weighted by atomic mass is 9.78. The lowest BCUT2D eigenvalue weighted by molar-refractivity contribution is -0.150. The van der Waals surface area contributed by atoms with Crippen molar-refractivity contribution in [2.45, 2.75) is 71.5 Å². The Morgan fingerprint density at radius 2 is 1.63 bits per heavy atom. The van der Waals surface area contributed by atoms with E-state index in [0.29, 0.717) is 12.8 Å². The number of rotatable bonds is 8. The second-order valence-corrected chi connectivity index (χ2v) is 9.09. The van der Waals surface area contributed by atoms with Crippen molar-refractivity contribution in [1.29, 1.82) is 0 Å². The van der Waals surface area contributed by atoms with Gasteiger partial charge in [0.1, 0.15) is 0 Å². The van der Waals surface area contributed by atoms with Crippen LogP contribution in [-0.4, -0.2) is 30.0 Å². The van der Waals surface area contributed by atoms with E-state index in [1.807, 2.05) is 13.8 Å². The summed E-state index contributed by atoms with van der Waals surface area (Å²) in [5.74, 6) is -0.923. The topological polar surface area (TPSA) is 71.4 Å². The first-order valence-electron chi connectivity index (χ1n) is 6.98. The van der Waals surface area contributed by atoms with E-state index in [9.17, 15) is 18.3 Å². The minimum absolute atomic E-state index is 0.0552. The van der Waals surface area contributed by atoms with Gasteiger partial charge in [0.05, 0.1) is 15.9 Å². The second-order valence-electron chi connectivity index (χ2n) is 6.22. The van der Waals surface area contributed by atoms with Gasteiger partial charge in [0.15, 0.2) is 9.84 Å². The molecule has 114 valence electrons. The number of carboxylic acids is 1. The average molecular weight is 292 g/mol. The van der Waals surface area contributed by atoms with Crippen LogP contribution in [0.3, 0.4) is 0 Å². The van der Waals surface area contributed by atoms with Gasteiger partial charge in [-0.3, -0.25) is 4.79 Å². The molecule has 1 unspecified atom stereocenters. The molecule has 0 rings (SSSR count). The first kappa shape index (κ1) is 18.4. The minimum Gasteiger partial charge on any atom is -0.481 e. The van der Waals surface area contributed by atoms with E-state index in [1.54, 1.807) is 20.8 Å². The van der Waals surface area contributed by atoms with Crippen LogP contribution in [0.1, 0.15) is 66.7 Å².